The van der Waals surface area contributed by atoms with Gasteiger partial charge in [-0.05, 0) is 18.2 Å². The number of nitrogen functional groups attached to an aromatic ring is 1. The van der Waals surface area contributed by atoms with E-state index >= 15 is 0 Å². The lowest BCUT2D eigenvalue weighted by atomic mass is 10.0. The Bertz CT molecular complexity index is 1760. The third-order valence-electron chi connectivity index (χ3n) is 6.41. The summed E-state index contributed by atoms with van der Waals surface area (Å²) >= 11 is 2.44. The van der Waals surface area contributed by atoms with Crippen LogP contribution in [0.15, 0.2) is 46.2 Å². The Kier molecular flexibility index (Phi) is 7.39. The topological polar surface area (TPSA) is 202 Å². The van der Waals surface area contributed by atoms with Crippen LogP contribution in [0.2, 0.25) is 0 Å². The Balaban J connectivity index is 1.38. The summed E-state index contributed by atoms with van der Waals surface area (Å²) in [4.78, 5) is 48.4. The number of sulfonamides is 1. The van der Waals surface area contributed by atoms with E-state index in [1.54, 1.807) is 34.6 Å². The number of nitrogens with zero attached hydrogens (tertiary/aromatic N) is 5. The fraction of sp³-hybridized carbons (Fsp3) is 0.304. The smallest absolute Gasteiger partial charge is 0.352 e. The van der Waals surface area contributed by atoms with Crippen molar-refractivity contribution in [2.45, 2.75) is 18.0 Å². The number of thioether (sulfide) groups is 1. The van der Waals surface area contributed by atoms with Crippen molar-refractivity contribution in [1.82, 2.24) is 19.9 Å². The van der Waals surface area contributed by atoms with E-state index in [4.69, 9.17) is 10.6 Å². The number of amides is 2. The van der Waals surface area contributed by atoms with Crippen LogP contribution in [0.3, 0.4) is 0 Å². The quantitative estimate of drug-likeness (QED) is 0.106. The molecule has 0 radical (unpaired) electrons. The minimum absolute atomic E-state index is 0.139. The number of thiazole rings is 1. The molecule has 2 atom stereocenters. The Morgan fingerprint density at radius 2 is 2.12 bits per heavy atom. The minimum Gasteiger partial charge on any atom is -0.477 e. The number of nitrogens with two attached hydrogens (primary N) is 1. The molecule has 0 spiro atoms. The summed E-state index contributed by atoms with van der Waals surface area (Å²) < 4.78 is 29.3. The van der Waals surface area contributed by atoms with Gasteiger partial charge in [0.15, 0.2) is 17.4 Å². The number of oxime groups is 1. The van der Waals surface area contributed by atoms with E-state index in [0.717, 1.165) is 28.5 Å². The van der Waals surface area contributed by atoms with Crippen LogP contribution in [0.25, 0.3) is 10.9 Å². The minimum atomic E-state index is -3.46. The van der Waals surface area contributed by atoms with Crippen molar-refractivity contribution in [2.24, 2.45) is 12.2 Å². The number of aromatic nitrogens is 3. The summed E-state index contributed by atoms with van der Waals surface area (Å²) in [6.45, 7) is 0.165. The van der Waals surface area contributed by atoms with Crippen LogP contribution in [0.4, 0.5) is 10.8 Å². The third-order valence-corrected chi connectivity index (χ3v) is 9.03. The lowest BCUT2D eigenvalue weighted by Gasteiger charge is -2.49. The first kappa shape index (κ1) is 28.4. The molecule has 0 aliphatic carbocycles. The average molecular weight is 622 g/mol. The molecule has 2 aromatic heterocycles. The molecule has 2 amide bonds. The van der Waals surface area contributed by atoms with Crippen LogP contribution in [0.1, 0.15) is 5.69 Å². The highest BCUT2D eigenvalue weighted by Crippen LogP contribution is 2.40. The fourth-order valence-corrected chi connectivity index (χ4v) is 7.09. The number of rotatable bonds is 9. The van der Waals surface area contributed by atoms with Crippen LogP contribution in [0.5, 0.6) is 0 Å². The van der Waals surface area contributed by atoms with E-state index in [1.165, 1.54) is 29.2 Å². The molecule has 1 fully saturated rings. The first-order valence-electron chi connectivity index (χ1n) is 11.9. The molecular weight excluding hydrogens is 597 g/mol. The number of carbonyl (C=O) groups is 3. The second-order valence-corrected chi connectivity index (χ2v) is 13.0. The molecule has 15 nitrogen and oxygen atoms in total. The van der Waals surface area contributed by atoms with Crippen molar-refractivity contribution in [1.29, 1.82) is 0 Å². The first-order chi connectivity index (χ1) is 19.4. The second kappa shape index (κ2) is 10.7. The van der Waals surface area contributed by atoms with Crippen LogP contribution < -0.4 is 20.5 Å². The standard InChI is InChI=1S/C23H24N8O7S3/c1-29-15-6-13(28-41(3,36)37)5-4-11(15)7-30(29)8-12-9-39-21-17(20(33)31(21)18(12)22(34)35)26-19(32)16(27-38-2)14-10-40-23(24)25-14/h4-7,10,17,21H,8-9H2,1-3H3,(H4,24,25,26,32,34,35)/p+1/b27-16-/t17-,21-/m1/s1. The van der Waals surface area contributed by atoms with Crippen molar-refractivity contribution >= 4 is 78.3 Å². The Morgan fingerprint density at radius 1 is 1.37 bits per heavy atom. The zero-order valence-electron chi connectivity index (χ0n) is 21.9. The van der Waals surface area contributed by atoms with Gasteiger partial charge in [-0.1, -0.05) is 5.16 Å². The number of carboxylic acids is 1. The molecule has 0 saturated carbocycles. The summed E-state index contributed by atoms with van der Waals surface area (Å²) in [5, 5.41) is 18.3. The molecule has 2 aliphatic heterocycles. The number of carboxylic acid groups (broad SMARTS) is 1. The molecule has 3 aromatic rings. The molecule has 1 aromatic carbocycles. The fourth-order valence-electron chi connectivity index (χ4n) is 4.65. The van der Waals surface area contributed by atoms with Crippen molar-refractivity contribution in [3.8, 4) is 0 Å². The number of benzene rings is 1. The van der Waals surface area contributed by atoms with Crippen LogP contribution in [-0.2, 0) is 42.8 Å². The lowest BCUT2D eigenvalue weighted by molar-refractivity contribution is -0.764. The molecule has 0 unspecified atom stereocenters. The third kappa shape index (κ3) is 5.44. The van der Waals surface area contributed by atoms with Gasteiger partial charge in [-0.2, -0.15) is 4.68 Å². The first-order valence-corrected chi connectivity index (χ1v) is 15.7. The van der Waals surface area contributed by atoms with Crippen molar-refractivity contribution in [3.63, 3.8) is 0 Å². The number of β-lactam (4-membered cyclic amide) rings is 1. The average Bonchev–Trinajstić information content (AvgIpc) is 3.46. The summed E-state index contributed by atoms with van der Waals surface area (Å²) in [5.41, 5.74) is 7.16. The van der Waals surface area contributed by atoms with Crippen molar-refractivity contribution < 1.29 is 37.4 Å². The van der Waals surface area contributed by atoms with Gasteiger partial charge in [0.1, 0.15) is 35.4 Å². The van der Waals surface area contributed by atoms with Gasteiger partial charge in [-0.3, -0.25) is 19.2 Å². The van der Waals surface area contributed by atoms with Crippen LogP contribution in [0, 0.1) is 0 Å². The number of aliphatic carboxylic acids is 1. The molecule has 18 heteroatoms. The predicted molar refractivity (Wildman–Crippen MR) is 151 cm³/mol. The van der Waals surface area contributed by atoms with E-state index < -0.39 is 39.2 Å². The molecule has 5 N–H and O–H groups in total. The van der Waals surface area contributed by atoms with E-state index in [0.29, 0.717) is 17.0 Å². The van der Waals surface area contributed by atoms with Gasteiger partial charge in [0, 0.05) is 16.7 Å². The lowest BCUT2D eigenvalue weighted by Crippen LogP contribution is -2.71. The number of carbonyl (C=O) groups excluding carboxylic acids is 2. The second-order valence-electron chi connectivity index (χ2n) is 9.21. The molecule has 2 aliphatic rings. The molecule has 216 valence electrons. The van der Waals surface area contributed by atoms with Crippen molar-refractivity contribution in [3.05, 3.63) is 46.7 Å². The van der Waals surface area contributed by atoms with Crippen LogP contribution in [-0.4, -0.2) is 82.1 Å². The normalized spacial score (nSPS) is 19.1. The van der Waals surface area contributed by atoms with E-state index in [9.17, 15) is 27.9 Å². The molecule has 0 bridgehead atoms. The van der Waals surface area contributed by atoms with E-state index in [2.05, 4.69) is 20.2 Å². The monoisotopic (exact) mass is 621 g/mol. The summed E-state index contributed by atoms with van der Waals surface area (Å²) in [5.74, 6) is -2.25. The molecule has 5 rings (SSSR count). The molecular formula is C23H25N8O7S3+. The van der Waals surface area contributed by atoms with Gasteiger partial charge in [-0.25, -0.2) is 18.2 Å². The zero-order valence-corrected chi connectivity index (χ0v) is 24.3. The van der Waals surface area contributed by atoms with Crippen LogP contribution >= 0.6 is 23.1 Å². The van der Waals surface area contributed by atoms with Crippen molar-refractivity contribution in [2.75, 3.05) is 29.6 Å². The van der Waals surface area contributed by atoms with Gasteiger partial charge in [-0.15, -0.1) is 27.8 Å². The molecule has 1 saturated heterocycles. The Hall–Kier alpha value is -4.16. The van der Waals surface area contributed by atoms with Gasteiger partial charge >= 0.3 is 5.97 Å². The number of hydrogen-bond acceptors (Lipinski definition) is 11. The molecule has 4 heterocycles. The largest absolute Gasteiger partial charge is 0.477 e. The van der Waals surface area contributed by atoms with E-state index in [1.807, 2.05) is 6.20 Å². The zero-order chi connectivity index (χ0) is 29.6. The predicted octanol–water partition coefficient (Wildman–Crippen LogP) is -0.335. The highest BCUT2D eigenvalue weighted by atomic mass is 32.2. The number of fused-ring (bicyclic) bond motifs is 2. The highest BCUT2D eigenvalue weighted by molar-refractivity contribution is 8.00. The maximum atomic E-state index is 13.2. The SMILES string of the molecule is CO/N=C(\C(=O)N[C@@H]1C(=O)N2C(C(=O)O)=C(C[n+]3cc4ccc(NS(C)(=O)=O)cc4n3C)CS[C@H]12)c1csc(N)n1. The summed E-state index contributed by atoms with van der Waals surface area (Å²) in [6, 6.07) is 4.09. The number of hydrogen-bond donors (Lipinski definition) is 4. The van der Waals surface area contributed by atoms with E-state index in [-0.39, 0.29) is 28.8 Å². The van der Waals surface area contributed by atoms with Gasteiger partial charge < -0.3 is 21.0 Å². The van der Waals surface area contributed by atoms with Gasteiger partial charge in [0.25, 0.3) is 11.8 Å². The Labute approximate surface area is 241 Å². The number of nitrogens with one attached hydrogen (secondary N) is 2. The summed E-state index contributed by atoms with van der Waals surface area (Å²) in [7, 11) is -0.430. The number of aryl methyl sites for hydroxylation is 1. The van der Waals surface area contributed by atoms with Gasteiger partial charge in [0.2, 0.25) is 16.2 Å². The van der Waals surface area contributed by atoms with Gasteiger partial charge in [0.05, 0.1) is 24.4 Å². The Morgan fingerprint density at radius 3 is 2.76 bits per heavy atom. The maximum Gasteiger partial charge on any atom is 0.352 e. The molecule has 41 heavy (non-hydrogen) atoms. The summed E-state index contributed by atoms with van der Waals surface area (Å²) in [6.07, 6.45) is 2.87. The highest BCUT2D eigenvalue weighted by Gasteiger charge is 2.55. The number of anilines is 2. The maximum absolute atomic E-state index is 13.2.